The lowest BCUT2D eigenvalue weighted by Crippen LogP contribution is -2.53. The lowest BCUT2D eigenvalue weighted by molar-refractivity contribution is -0.161. The number of nitrogens with one attached hydrogen (secondary N) is 1. The summed E-state index contributed by atoms with van der Waals surface area (Å²) in [5, 5.41) is 13.4. The number of esters is 1. The molecule has 0 unspecified atom stereocenters. The second-order valence-corrected chi connectivity index (χ2v) is 11.5. The van der Waals surface area contributed by atoms with E-state index in [9.17, 15) is 19.5 Å². The molecule has 1 aromatic carbocycles. The number of benzene rings is 1. The minimum Gasteiger partial charge on any atom is -0.465 e. The Morgan fingerprint density at radius 1 is 1.17 bits per heavy atom. The zero-order valence-electron chi connectivity index (χ0n) is 20.8. The van der Waals surface area contributed by atoms with E-state index in [4.69, 9.17) is 27.9 Å². The highest BCUT2D eigenvalue weighted by Crippen LogP contribution is 2.42. The van der Waals surface area contributed by atoms with E-state index >= 15 is 0 Å². The molecule has 2 aliphatic rings. The zero-order valence-corrected chi connectivity index (χ0v) is 22.3. The van der Waals surface area contributed by atoms with Crippen LogP contribution in [0.15, 0.2) is 18.2 Å². The fourth-order valence-corrected chi connectivity index (χ4v) is 5.51. The second kappa shape index (κ2) is 10.9. The van der Waals surface area contributed by atoms with Crippen molar-refractivity contribution >= 4 is 41.2 Å². The van der Waals surface area contributed by atoms with Gasteiger partial charge in [0.15, 0.2) is 0 Å². The van der Waals surface area contributed by atoms with E-state index in [0.717, 1.165) is 5.56 Å². The first-order chi connectivity index (χ1) is 16.3. The number of likely N-dealkylation sites (tertiary alicyclic amines) is 2. The Bertz CT molecular complexity index is 939. The van der Waals surface area contributed by atoms with Gasteiger partial charge in [-0.05, 0) is 51.7 Å². The van der Waals surface area contributed by atoms with Crippen LogP contribution in [0.2, 0.25) is 10.0 Å². The molecule has 10 heteroatoms. The quantitative estimate of drug-likeness (QED) is 0.531. The number of carbonyl (C=O) groups excluding carboxylic acids is 2. The molecule has 2 aliphatic heterocycles. The van der Waals surface area contributed by atoms with Gasteiger partial charge in [0.05, 0.1) is 11.8 Å². The molecular formula is C25H35Cl2N3O5. The van der Waals surface area contributed by atoms with Crippen molar-refractivity contribution in [1.29, 1.82) is 0 Å². The van der Waals surface area contributed by atoms with Crippen molar-refractivity contribution in [2.24, 2.45) is 11.3 Å². The average Bonchev–Trinajstić information content (AvgIpc) is 3.05. The van der Waals surface area contributed by atoms with Gasteiger partial charge in [0, 0.05) is 54.4 Å². The van der Waals surface area contributed by atoms with E-state index in [1.165, 1.54) is 4.90 Å². The molecular weight excluding hydrogens is 493 g/mol. The second-order valence-electron chi connectivity index (χ2n) is 10.7. The van der Waals surface area contributed by atoms with E-state index in [0.29, 0.717) is 55.6 Å². The van der Waals surface area contributed by atoms with Crippen molar-refractivity contribution in [3.8, 4) is 0 Å². The number of carbonyl (C=O) groups is 3. The first-order valence-electron chi connectivity index (χ1n) is 12.0. The van der Waals surface area contributed by atoms with Crippen LogP contribution in [0.5, 0.6) is 0 Å². The van der Waals surface area contributed by atoms with Gasteiger partial charge < -0.3 is 20.1 Å². The molecule has 35 heavy (non-hydrogen) atoms. The smallest absolute Gasteiger partial charge is 0.407 e. The van der Waals surface area contributed by atoms with Crippen molar-refractivity contribution in [1.82, 2.24) is 15.1 Å². The third-order valence-electron chi connectivity index (χ3n) is 6.86. The van der Waals surface area contributed by atoms with Crippen LogP contribution in [0.25, 0.3) is 0 Å². The Labute approximate surface area is 216 Å². The monoisotopic (exact) mass is 527 g/mol. The summed E-state index contributed by atoms with van der Waals surface area (Å²) in [7, 11) is 0. The van der Waals surface area contributed by atoms with E-state index in [1.54, 1.807) is 39.0 Å². The summed E-state index contributed by atoms with van der Waals surface area (Å²) < 4.78 is 5.59. The van der Waals surface area contributed by atoms with Crippen molar-refractivity contribution in [3.05, 3.63) is 33.8 Å². The van der Waals surface area contributed by atoms with Crippen LogP contribution in [0.1, 0.15) is 52.5 Å². The number of hydrogen-bond donors (Lipinski definition) is 2. The number of nitrogens with zero attached hydrogens (tertiary/aromatic N) is 2. The zero-order chi connectivity index (χ0) is 26.0. The van der Waals surface area contributed by atoms with Crippen molar-refractivity contribution in [2.45, 2.75) is 65.1 Å². The fraction of sp³-hybridized carbons (Fsp3) is 0.640. The van der Waals surface area contributed by atoms with Crippen LogP contribution >= 0.6 is 23.2 Å². The number of hydrogen-bond acceptors (Lipinski definition) is 5. The van der Waals surface area contributed by atoms with Gasteiger partial charge in [-0.1, -0.05) is 36.2 Å². The predicted molar refractivity (Wildman–Crippen MR) is 135 cm³/mol. The molecule has 3 rings (SSSR count). The number of amides is 2. The van der Waals surface area contributed by atoms with Crippen LogP contribution in [0.3, 0.4) is 0 Å². The molecule has 2 atom stereocenters. The van der Waals surface area contributed by atoms with Gasteiger partial charge in [-0.25, -0.2) is 4.79 Å². The van der Waals surface area contributed by atoms with Gasteiger partial charge in [-0.2, -0.15) is 0 Å². The molecule has 2 heterocycles. The predicted octanol–water partition coefficient (Wildman–Crippen LogP) is 4.42. The third-order valence-corrected chi connectivity index (χ3v) is 7.57. The Morgan fingerprint density at radius 3 is 2.31 bits per heavy atom. The number of rotatable bonds is 6. The van der Waals surface area contributed by atoms with Crippen LogP contribution in [-0.2, 0) is 20.9 Å². The van der Waals surface area contributed by atoms with Gasteiger partial charge in [-0.15, -0.1) is 0 Å². The summed E-state index contributed by atoms with van der Waals surface area (Å²) in [6.07, 6.45) is 0.0780. The molecule has 1 aromatic rings. The van der Waals surface area contributed by atoms with Crippen LogP contribution in [-0.4, -0.2) is 70.7 Å². The Morgan fingerprint density at radius 2 is 1.77 bits per heavy atom. The van der Waals surface area contributed by atoms with Gasteiger partial charge >= 0.3 is 12.1 Å². The van der Waals surface area contributed by atoms with Crippen LogP contribution in [0, 0.1) is 11.3 Å². The summed E-state index contributed by atoms with van der Waals surface area (Å²) in [6.45, 7) is 9.53. The molecule has 194 valence electrons. The maximum absolute atomic E-state index is 13.8. The van der Waals surface area contributed by atoms with Crippen molar-refractivity contribution < 1.29 is 24.2 Å². The molecule has 0 radical (unpaired) electrons. The summed E-state index contributed by atoms with van der Waals surface area (Å²) in [5.74, 6) is -0.745. The molecule has 0 aliphatic carbocycles. The summed E-state index contributed by atoms with van der Waals surface area (Å²) in [4.78, 5) is 41.4. The molecule has 0 bridgehead atoms. The van der Waals surface area contributed by atoms with Crippen molar-refractivity contribution in [3.63, 3.8) is 0 Å². The minimum atomic E-state index is -0.986. The molecule has 8 nitrogen and oxygen atoms in total. The molecule has 2 amide bonds. The SMILES string of the molecule is C[C@H]1CN(Cc2c(Cl)cccc2Cl)C[C@@]1(CC(=O)OC(C)(C)C)C(=O)NC1CCN(C(=O)O)CC1. The number of halogens is 2. The first-order valence-corrected chi connectivity index (χ1v) is 12.7. The highest BCUT2D eigenvalue weighted by Gasteiger charge is 2.52. The highest BCUT2D eigenvalue weighted by atomic mass is 35.5. The number of ether oxygens (including phenoxy) is 1. The van der Waals surface area contributed by atoms with Crippen LogP contribution in [0.4, 0.5) is 4.79 Å². The van der Waals surface area contributed by atoms with Gasteiger partial charge in [0.1, 0.15) is 5.60 Å². The molecule has 2 N–H and O–H groups in total. The number of carboxylic acid groups (broad SMARTS) is 1. The normalized spacial score (nSPS) is 23.8. The first kappa shape index (κ1) is 27.6. The van der Waals surface area contributed by atoms with E-state index in [-0.39, 0.29) is 24.3 Å². The summed E-state index contributed by atoms with van der Waals surface area (Å²) in [5.41, 5.74) is -0.858. The maximum Gasteiger partial charge on any atom is 0.407 e. The van der Waals surface area contributed by atoms with E-state index in [1.807, 2.05) is 6.92 Å². The van der Waals surface area contributed by atoms with Crippen molar-refractivity contribution in [2.75, 3.05) is 26.2 Å². The van der Waals surface area contributed by atoms with Gasteiger partial charge in [-0.3, -0.25) is 14.5 Å². The van der Waals surface area contributed by atoms with Gasteiger partial charge in [0.2, 0.25) is 5.91 Å². The fourth-order valence-electron chi connectivity index (χ4n) is 4.99. The summed E-state index contributed by atoms with van der Waals surface area (Å²) >= 11 is 12.8. The highest BCUT2D eigenvalue weighted by molar-refractivity contribution is 6.35. The number of piperidine rings is 1. The molecule has 2 fully saturated rings. The largest absolute Gasteiger partial charge is 0.465 e. The Balaban J connectivity index is 1.79. The standard InChI is InChI=1S/C25H35Cl2N3O5/c1-16-13-29(14-18-19(26)6-5-7-20(18)27)15-25(16,12-21(31)35-24(2,3)4)22(32)28-17-8-10-30(11-9-17)23(33)34/h5-7,16-17H,8-15H2,1-4H3,(H,28,32)(H,33,34)/t16-,25+/m0/s1. The van der Waals surface area contributed by atoms with Crippen LogP contribution < -0.4 is 5.32 Å². The summed E-state index contributed by atoms with van der Waals surface area (Å²) in [6, 6.07) is 5.21. The van der Waals surface area contributed by atoms with E-state index < -0.39 is 23.1 Å². The lowest BCUT2D eigenvalue weighted by Gasteiger charge is -2.36. The van der Waals surface area contributed by atoms with E-state index in [2.05, 4.69) is 10.2 Å². The molecule has 0 aromatic heterocycles. The molecule has 0 spiro atoms. The third kappa shape index (κ3) is 6.80. The maximum atomic E-state index is 13.8. The average molecular weight is 528 g/mol. The molecule has 0 saturated carbocycles. The topological polar surface area (TPSA) is 99.2 Å². The lowest BCUT2D eigenvalue weighted by atomic mass is 9.75. The Kier molecular flexibility index (Phi) is 8.60. The Hall–Kier alpha value is -2.03. The molecule has 2 saturated heterocycles. The minimum absolute atomic E-state index is 0.0437. The van der Waals surface area contributed by atoms with Gasteiger partial charge in [0.25, 0.3) is 0 Å².